The van der Waals surface area contributed by atoms with Gasteiger partial charge in [-0.3, -0.25) is 0 Å². The maximum absolute atomic E-state index is 13.6. The molecule has 1 fully saturated rings. The Labute approximate surface area is 116 Å². The zero-order chi connectivity index (χ0) is 14.0. The lowest BCUT2D eigenvalue weighted by atomic mass is 9.78. The molecule has 1 aliphatic rings. The van der Waals surface area contributed by atoms with Crippen molar-refractivity contribution in [3.05, 3.63) is 34.6 Å². The highest BCUT2D eigenvalue weighted by Crippen LogP contribution is 2.29. The number of nitrogens with one attached hydrogen (secondary N) is 1. The second-order valence-corrected chi connectivity index (χ2v) is 6.34. The number of hydrogen-bond acceptors (Lipinski definition) is 1. The first-order chi connectivity index (χ1) is 8.99. The summed E-state index contributed by atoms with van der Waals surface area (Å²) >= 11 is 0. The van der Waals surface area contributed by atoms with Crippen LogP contribution in [-0.4, -0.2) is 6.04 Å². The molecule has 0 heterocycles. The Morgan fingerprint density at radius 3 is 2.16 bits per heavy atom. The van der Waals surface area contributed by atoms with Crippen LogP contribution >= 0.6 is 0 Å². The molecule has 2 rings (SSSR count). The van der Waals surface area contributed by atoms with Gasteiger partial charge in [0.2, 0.25) is 0 Å². The molecule has 1 aliphatic carbocycles. The minimum absolute atomic E-state index is 0.0665. The Morgan fingerprint density at radius 1 is 1.11 bits per heavy atom. The first-order valence-electron chi connectivity index (χ1n) is 7.48. The Morgan fingerprint density at radius 2 is 1.63 bits per heavy atom. The van der Waals surface area contributed by atoms with Crippen molar-refractivity contribution in [1.29, 1.82) is 0 Å². The van der Waals surface area contributed by atoms with Crippen molar-refractivity contribution >= 4 is 0 Å². The van der Waals surface area contributed by atoms with E-state index in [1.165, 1.54) is 24.8 Å². The maximum Gasteiger partial charge on any atom is 0.129 e. The van der Waals surface area contributed by atoms with Crippen LogP contribution < -0.4 is 5.32 Å². The highest BCUT2D eigenvalue weighted by Gasteiger charge is 2.26. The largest absolute Gasteiger partial charge is 0.309 e. The molecule has 1 N–H and O–H groups in total. The Balaban J connectivity index is 2.02. The summed E-state index contributed by atoms with van der Waals surface area (Å²) in [7, 11) is 0. The van der Waals surface area contributed by atoms with Gasteiger partial charge in [-0.05, 0) is 55.2 Å². The lowest BCUT2D eigenvalue weighted by Crippen LogP contribution is -2.42. The van der Waals surface area contributed by atoms with Gasteiger partial charge in [0.15, 0.2) is 0 Å². The summed E-state index contributed by atoms with van der Waals surface area (Å²) in [6.07, 6.45) is 4.00. The number of hydrogen-bond donors (Lipinski definition) is 1. The molecule has 0 bridgehead atoms. The molecule has 2 atom stereocenters. The number of benzene rings is 1. The second-order valence-electron chi connectivity index (χ2n) is 6.34. The third-order valence-corrected chi connectivity index (χ3v) is 4.58. The van der Waals surface area contributed by atoms with Crippen molar-refractivity contribution in [2.45, 2.75) is 59.5 Å². The molecular formula is C17H26FN. The van der Waals surface area contributed by atoms with Crippen LogP contribution in [0.1, 0.15) is 49.8 Å². The van der Waals surface area contributed by atoms with E-state index in [1.807, 2.05) is 26.0 Å². The van der Waals surface area contributed by atoms with Crippen LogP contribution in [0.2, 0.25) is 0 Å². The molecule has 2 unspecified atom stereocenters. The highest BCUT2D eigenvalue weighted by atomic mass is 19.1. The van der Waals surface area contributed by atoms with Crippen molar-refractivity contribution in [3.63, 3.8) is 0 Å². The molecule has 0 saturated heterocycles. The van der Waals surface area contributed by atoms with Gasteiger partial charge < -0.3 is 5.32 Å². The van der Waals surface area contributed by atoms with Gasteiger partial charge in [-0.2, -0.15) is 0 Å². The highest BCUT2D eigenvalue weighted by molar-refractivity contribution is 5.30. The molecule has 2 heteroatoms. The summed E-state index contributed by atoms with van der Waals surface area (Å²) in [6, 6.07) is 4.53. The lowest BCUT2D eigenvalue weighted by Gasteiger charge is -2.35. The van der Waals surface area contributed by atoms with Crippen molar-refractivity contribution < 1.29 is 4.39 Å². The van der Waals surface area contributed by atoms with Crippen molar-refractivity contribution in [3.8, 4) is 0 Å². The third-order valence-electron chi connectivity index (χ3n) is 4.58. The Bertz CT molecular complexity index is 408. The van der Waals surface area contributed by atoms with Crippen molar-refractivity contribution in [1.82, 2.24) is 5.32 Å². The summed E-state index contributed by atoms with van der Waals surface area (Å²) in [6.45, 7) is 9.22. The average Bonchev–Trinajstić information content (AvgIpc) is 2.35. The summed E-state index contributed by atoms with van der Waals surface area (Å²) < 4.78 is 13.6. The summed E-state index contributed by atoms with van der Waals surface area (Å²) in [5, 5.41) is 3.69. The average molecular weight is 263 g/mol. The van der Waals surface area contributed by atoms with Gasteiger partial charge >= 0.3 is 0 Å². The molecule has 1 aromatic carbocycles. The van der Waals surface area contributed by atoms with E-state index in [0.717, 1.165) is 29.5 Å². The minimum atomic E-state index is -0.0665. The van der Waals surface area contributed by atoms with Crippen LogP contribution in [0.25, 0.3) is 0 Å². The molecule has 0 aromatic heterocycles. The van der Waals surface area contributed by atoms with E-state index in [0.29, 0.717) is 6.04 Å². The SMILES string of the molecule is Cc1cc(CNC2C(C)CCCC2C)cc(C)c1F. The zero-order valence-corrected chi connectivity index (χ0v) is 12.6. The fraction of sp³-hybridized carbons (Fsp3) is 0.647. The van der Waals surface area contributed by atoms with Crippen LogP contribution in [0.3, 0.4) is 0 Å². The monoisotopic (exact) mass is 263 g/mol. The van der Waals surface area contributed by atoms with E-state index in [4.69, 9.17) is 0 Å². The summed E-state index contributed by atoms with van der Waals surface area (Å²) in [5.41, 5.74) is 2.70. The molecule has 0 spiro atoms. The quantitative estimate of drug-likeness (QED) is 0.854. The molecule has 0 radical (unpaired) electrons. The third kappa shape index (κ3) is 3.36. The van der Waals surface area contributed by atoms with E-state index in [-0.39, 0.29) is 5.82 Å². The van der Waals surface area contributed by atoms with Crippen molar-refractivity contribution in [2.24, 2.45) is 11.8 Å². The molecule has 0 amide bonds. The van der Waals surface area contributed by atoms with E-state index >= 15 is 0 Å². The molecule has 1 saturated carbocycles. The van der Waals surface area contributed by atoms with Crippen molar-refractivity contribution in [2.75, 3.05) is 0 Å². The number of aryl methyl sites for hydroxylation is 2. The zero-order valence-electron chi connectivity index (χ0n) is 12.6. The van der Waals surface area contributed by atoms with Gasteiger partial charge in [0.05, 0.1) is 0 Å². The fourth-order valence-electron chi connectivity index (χ4n) is 3.46. The molecular weight excluding hydrogens is 237 g/mol. The van der Waals surface area contributed by atoms with Gasteiger partial charge in [-0.1, -0.05) is 32.4 Å². The van der Waals surface area contributed by atoms with Crippen LogP contribution in [-0.2, 0) is 6.54 Å². The minimum Gasteiger partial charge on any atom is -0.309 e. The van der Waals surface area contributed by atoms with Crippen LogP contribution in [0.15, 0.2) is 12.1 Å². The van der Waals surface area contributed by atoms with E-state index in [9.17, 15) is 4.39 Å². The van der Waals surface area contributed by atoms with Crippen LogP contribution in [0.5, 0.6) is 0 Å². The predicted octanol–water partition coefficient (Wildman–Crippen LogP) is 4.36. The number of halogens is 1. The van der Waals surface area contributed by atoms with Gasteiger partial charge in [-0.15, -0.1) is 0 Å². The normalized spacial score (nSPS) is 27.5. The van der Waals surface area contributed by atoms with Gasteiger partial charge in [-0.25, -0.2) is 4.39 Å². The smallest absolute Gasteiger partial charge is 0.129 e. The van der Waals surface area contributed by atoms with Crippen LogP contribution in [0.4, 0.5) is 4.39 Å². The van der Waals surface area contributed by atoms with E-state index < -0.39 is 0 Å². The molecule has 19 heavy (non-hydrogen) atoms. The second kappa shape index (κ2) is 6.04. The van der Waals surface area contributed by atoms with Crippen LogP contribution in [0, 0.1) is 31.5 Å². The Hall–Kier alpha value is -0.890. The fourth-order valence-corrected chi connectivity index (χ4v) is 3.46. The standard InChI is InChI=1S/C17H26FN/c1-11-6-5-7-12(2)17(11)19-10-15-8-13(3)16(18)14(4)9-15/h8-9,11-12,17,19H,5-7,10H2,1-4H3. The molecule has 1 aromatic rings. The first-order valence-corrected chi connectivity index (χ1v) is 7.48. The summed E-state index contributed by atoms with van der Waals surface area (Å²) in [5.74, 6) is 1.42. The first kappa shape index (κ1) is 14.5. The predicted molar refractivity (Wildman–Crippen MR) is 78.7 cm³/mol. The Kier molecular flexibility index (Phi) is 4.62. The maximum atomic E-state index is 13.6. The lowest BCUT2D eigenvalue weighted by molar-refractivity contribution is 0.207. The van der Waals surface area contributed by atoms with E-state index in [1.54, 1.807) is 0 Å². The molecule has 0 aliphatic heterocycles. The molecule has 1 nitrogen and oxygen atoms in total. The summed E-state index contributed by atoms with van der Waals surface area (Å²) in [4.78, 5) is 0. The topological polar surface area (TPSA) is 12.0 Å². The van der Waals surface area contributed by atoms with Gasteiger partial charge in [0, 0.05) is 12.6 Å². The van der Waals surface area contributed by atoms with Gasteiger partial charge in [0.25, 0.3) is 0 Å². The van der Waals surface area contributed by atoms with Gasteiger partial charge in [0.1, 0.15) is 5.82 Å². The van der Waals surface area contributed by atoms with E-state index in [2.05, 4.69) is 19.2 Å². The molecule has 106 valence electrons. The number of rotatable bonds is 3.